The van der Waals surface area contributed by atoms with Gasteiger partial charge >= 0.3 is 5.97 Å². The number of aromatic nitrogens is 2. The third-order valence-electron chi connectivity index (χ3n) is 11.5. The SMILES string of the molecule is CC1(C)CCC(CN2CCN(c3ccc(C(=O)NS(=O)(=O)c4cc5c(c([N+](=O)[O-])c4)NC(CC(=O)O)C5)c(Oc4cnc5[nH]ccc5c4)c3)CC2)=C(c2ccc(Cl)cc2)C1. The number of nitrogens with zero attached hydrogens (tertiary/aromatic N) is 4. The summed E-state index contributed by atoms with van der Waals surface area (Å²) in [5.74, 6) is -1.72. The summed E-state index contributed by atoms with van der Waals surface area (Å²) in [5, 5.41) is 25.6. The zero-order valence-corrected chi connectivity index (χ0v) is 34.6. The molecular formula is C43H44ClN7O8S. The molecule has 0 saturated carbocycles. The molecule has 0 spiro atoms. The van der Waals surface area contributed by atoms with E-state index < -0.39 is 43.4 Å². The van der Waals surface area contributed by atoms with E-state index in [1.54, 1.807) is 24.4 Å². The number of rotatable bonds is 12. The van der Waals surface area contributed by atoms with Crippen molar-refractivity contribution in [3.63, 3.8) is 0 Å². The van der Waals surface area contributed by atoms with Crippen molar-refractivity contribution in [1.29, 1.82) is 0 Å². The number of nitro groups is 1. The maximum Gasteiger partial charge on any atom is 0.305 e. The second-order valence-electron chi connectivity index (χ2n) is 16.4. The predicted octanol–water partition coefficient (Wildman–Crippen LogP) is 7.63. The lowest BCUT2D eigenvalue weighted by atomic mass is 9.72. The summed E-state index contributed by atoms with van der Waals surface area (Å²) in [7, 11) is -4.66. The lowest BCUT2D eigenvalue weighted by Gasteiger charge is -2.39. The topological polar surface area (TPSA) is 200 Å². The number of nitrogens with one attached hydrogen (secondary N) is 3. The van der Waals surface area contributed by atoms with E-state index in [-0.39, 0.29) is 40.8 Å². The maximum atomic E-state index is 13.9. The Hall–Kier alpha value is -5.97. The molecule has 5 aromatic rings. The number of allylic oxidation sites excluding steroid dienone is 1. The number of sulfonamides is 1. The Bertz CT molecular complexity index is 2660. The Kier molecular flexibility index (Phi) is 11.0. The molecular weight excluding hydrogens is 810 g/mol. The lowest BCUT2D eigenvalue weighted by Crippen LogP contribution is -2.47. The Labute approximate surface area is 351 Å². The molecule has 17 heteroatoms. The van der Waals surface area contributed by atoms with Crippen LogP contribution in [0.3, 0.4) is 0 Å². The van der Waals surface area contributed by atoms with Crippen LogP contribution < -0.4 is 19.7 Å². The molecule has 4 N–H and O–H groups in total. The highest BCUT2D eigenvalue weighted by molar-refractivity contribution is 7.90. The molecule has 60 heavy (non-hydrogen) atoms. The number of carboxylic acid groups (broad SMARTS) is 1. The van der Waals surface area contributed by atoms with Crippen LogP contribution in [0.5, 0.6) is 11.5 Å². The van der Waals surface area contributed by atoms with Gasteiger partial charge in [0.15, 0.2) is 0 Å². The molecule has 3 aliphatic rings. The van der Waals surface area contributed by atoms with Crippen LogP contribution in [-0.2, 0) is 21.2 Å². The van der Waals surface area contributed by atoms with Crippen molar-refractivity contribution in [2.75, 3.05) is 42.9 Å². The van der Waals surface area contributed by atoms with E-state index in [4.69, 9.17) is 16.3 Å². The Balaban J connectivity index is 1.03. The Morgan fingerprint density at radius 2 is 1.83 bits per heavy atom. The Morgan fingerprint density at radius 1 is 1.07 bits per heavy atom. The molecule has 2 aromatic heterocycles. The molecule has 1 saturated heterocycles. The fraction of sp³-hybridized carbons (Fsp3) is 0.326. The molecule has 1 unspecified atom stereocenters. The Morgan fingerprint density at radius 3 is 2.57 bits per heavy atom. The molecule has 312 valence electrons. The quantitative estimate of drug-likeness (QED) is 0.0708. The van der Waals surface area contributed by atoms with Crippen molar-refractivity contribution in [1.82, 2.24) is 19.6 Å². The van der Waals surface area contributed by atoms with Crippen LogP contribution in [0.1, 0.15) is 61.0 Å². The molecule has 1 fully saturated rings. The fourth-order valence-corrected chi connectivity index (χ4v) is 9.52. The van der Waals surface area contributed by atoms with E-state index in [0.29, 0.717) is 29.5 Å². The van der Waals surface area contributed by atoms with Gasteiger partial charge in [0, 0.05) is 73.2 Å². The predicted molar refractivity (Wildman–Crippen MR) is 228 cm³/mol. The highest BCUT2D eigenvalue weighted by Gasteiger charge is 2.34. The first-order valence-electron chi connectivity index (χ1n) is 19.7. The number of piperazine rings is 1. The van der Waals surface area contributed by atoms with E-state index in [1.807, 2.05) is 18.2 Å². The number of aliphatic carboxylic acids is 1. The summed E-state index contributed by atoms with van der Waals surface area (Å²) < 4.78 is 35.8. The third-order valence-corrected chi connectivity index (χ3v) is 13.0. The van der Waals surface area contributed by atoms with Crippen molar-refractivity contribution in [2.45, 2.75) is 56.9 Å². The smallest absolute Gasteiger partial charge is 0.305 e. The number of carbonyl (C=O) groups is 2. The van der Waals surface area contributed by atoms with Gasteiger partial charge in [-0.25, -0.2) is 18.1 Å². The molecule has 1 aliphatic carbocycles. The molecule has 1 amide bonds. The number of ether oxygens (including phenoxy) is 1. The average Bonchev–Trinajstić information content (AvgIpc) is 3.84. The molecule has 15 nitrogen and oxygen atoms in total. The van der Waals surface area contributed by atoms with Gasteiger partial charge < -0.3 is 25.0 Å². The summed E-state index contributed by atoms with van der Waals surface area (Å²) in [5.41, 5.74) is 5.36. The summed E-state index contributed by atoms with van der Waals surface area (Å²) in [6, 6.07) is 18.0. The molecule has 0 radical (unpaired) electrons. The van der Waals surface area contributed by atoms with Gasteiger partial charge in [0.25, 0.3) is 21.6 Å². The number of carboxylic acids is 1. The lowest BCUT2D eigenvalue weighted by molar-refractivity contribution is -0.384. The number of H-pyrrole nitrogens is 1. The van der Waals surface area contributed by atoms with Gasteiger partial charge in [0.05, 0.1) is 28.0 Å². The number of hydrogen-bond acceptors (Lipinski definition) is 11. The molecule has 3 aromatic carbocycles. The minimum Gasteiger partial charge on any atom is -0.481 e. The standard InChI is InChI=1S/C43H44ClN7O8S/c1-43(2)11-9-28(36(23-43)26-3-5-30(44)6-4-26)25-49-13-15-50(16-14-49)32-7-8-35(38(21-32)59-33-18-27-10-12-45-41(27)46-24-33)42(54)48-60(57,58)34-19-29-17-31(20-39(52)53)47-40(29)37(22-34)51(55)56/h3-8,10,12,18-19,21-22,24,31,47H,9,11,13-17,20,23,25H2,1-2H3,(H,45,46)(H,48,54)(H,52,53). The molecule has 8 rings (SSSR count). The monoisotopic (exact) mass is 853 g/mol. The third kappa shape index (κ3) is 8.81. The van der Waals surface area contributed by atoms with Crippen molar-refractivity contribution < 1.29 is 32.8 Å². The number of amides is 1. The molecule has 2 aliphatic heterocycles. The van der Waals surface area contributed by atoms with Gasteiger partial charge in [-0.3, -0.25) is 24.6 Å². The van der Waals surface area contributed by atoms with Crippen molar-refractivity contribution in [2.24, 2.45) is 5.41 Å². The first-order chi connectivity index (χ1) is 28.6. The minimum atomic E-state index is -4.66. The minimum absolute atomic E-state index is 0.0493. The number of hydrogen-bond donors (Lipinski definition) is 4. The zero-order valence-electron chi connectivity index (χ0n) is 33.0. The van der Waals surface area contributed by atoms with E-state index in [2.05, 4.69) is 55.8 Å². The molecule has 4 heterocycles. The van der Waals surface area contributed by atoms with Crippen LogP contribution >= 0.6 is 11.6 Å². The second kappa shape index (κ2) is 16.2. The number of benzene rings is 3. The van der Waals surface area contributed by atoms with E-state index in [9.17, 15) is 33.2 Å². The number of halogens is 1. The van der Waals surface area contributed by atoms with Crippen LogP contribution in [0.2, 0.25) is 5.02 Å². The van der Waals surface area contributed by atoms with E-state index >= 15 is 0 Å². The van der Waals surface area contributed by atoms with Crippen LogP contribution in [0.4, 0.5) is 17.1 Å². The largest absolute Gasteiger partial charge is 0.481 e. The molecule has 1 atom stereocenters. The van der Waals surface area contributed by atoms with Gasteiger partial charge in [-0.15, -0.1) is 0 Å². The van der Waals surface area contributed by atoms with E-state index in [0.717, 1.165) is 56.0 Å². The van der Waals surface area contributed by atoms with Crippen LogP contribution in [0.25, 0.3) is 16.6 Å². The fourth-order valence-electron chi connectivity index (χ4n) is 8.35. The number of anilines is 2. The highest BCUT2D eigenvalue weighted by Crippen LogP contribution is 2.44. The van der Waals surface area contributed by atoms with Crippen LogP contribution in [-0.4, -0.2) is 84.0 Å². The number of nitro benzene ring substituents is 1. The zero-order chi connectivity index (χ0) is 42.3. The van der Waals surface area contributed by atoms with Gasteiger partial charge in [-0.2, -0.15) is 0 Å². The van der Waals surface area contributed by atoms with Crippen LogP contribution in [0.15, 0.2) is 89.6 Å². The number of fused-ring (bicyclic) bond motifs is 2. The van der Waals surface area contributed by atoms with Gasteiger partial charge in [-0.1, -0.05) is 43.2 Å². The highest BCUT2D eigenvalue weighted by atomic mass is 35.5. The molecule has 0 bridgehead atoms. The number of aromatic amines is 1. The van der Waals surface area contributed by atoms with Crippen molar-refractivity contribution in [3.8, 4) is 11.5 Å². The second-order valence-corrected chi connectivity index (χ2v) is 18.5. The van der Waals surface area contributed by atoms with E-state index in [1.165, 1.54) is 35.0 Å². The average molecular weight is 854 g/mol. The summed E-state index contributed by atoms with van der Waals surface area (Å²) >= 11 is 6.23. The van der Waals surface area contributed by atoms with Gasteiger partial charge in [-0.05, 0) is 90.3 Å². The number of carbonyl (C=O) groups excluding carboxylic acids is 1. The van der Waals surface area contributed by atoms with Crippen molar-refractivity contribution in [3.05, 3.63) is 117 Å². The van der Waals surface area contributed by atoms with Gasteiger partial charge in [0.1, 0.15) is 22.8 Å². The van der Waals surface area contributed by atoms with Crippen molar-refractivity contribution >= 4 is 67.2 Å². The van der Waals surface area contributed by atoms with Gasteiger partial charge in [0.2, 0.25) is 0 Å². The summed E-state index contributed by atoms with van der Waals surface area (Å²) in [6.07, 6.45) is 6.11. The maximum absolute atomic E-state index is 13.9. The summed E-state index contributed by atoms with van der Waals surface area (Å²) in [4.78, 5) is 48.1. The van der Waals surface area contributed by atoms with Crippen LogP contribution in [0, 0.1) is 15.5 Å². The normalized spacial score (nSPS) is 17.9. The first-order valence-corrected chi connectivity index (χ1v) is 21.5. The summed E-state index contributed by atoms with van der Waals surface area (Å²) in [6.45, 7) is 8.50. The number of pyridine rings is 1. The first kappa shape index (κ1) is 40.8.